The molecule has 1 fully saturated rings. The van der Waals surface area contributed by atoms with E-state index in [9.17, 15) is 4.79 Å². The lowest BCUT2D eigenvalue weighted by Crippen LogP contribution is -2.43. The Labute approximate surface area is 147 Å². The minimum Gasteiger partial charge on any atom is -0.465 e. The number of hydrogen-bond acceptors (Lipinski definition) is 4. The van der Waals surface area contributed by atoms with E-state index in [1.54, 1.807) is 11.3 Å². The molecule has 2 aliphatic rings. The molecule has 3 rings (SSSR count). The lowest BCUT2D eigenvalue weighted by Gasteiger charge is -2.30. The molecule has 0 spiro atoms. The number of carbonyl (C=O) groups excluding carboxylic acids is 1. The van der Waals surface area contributed by atoms with E-state index in [1.807, 2.05) is 0 Å². The molecule has 0 saturated heterocycles. The van der Waals surface area contributed by atoms with E-state index in [0.717, 1.165) is 36.2 Å². The summed E-state index contributed by atoms with van der Waals surface area (Å²) in [5.41, 5.74) is 1.84. The maximum absolute atomic E-state index is 12.2. The van der Waals surface area contributed by atoms with Crippen molar-refractivity contribution < 1.29 is 9.53 Å². The largest absolute Gasteiger partial charge is 0.465 e. The van der Waals surface area contributed by atoms with Gasteiger partial charge in [0, 0.05) is 10.9 Å². The van der Waals surface area contributed by atoms with Crippen LogP contribution in [-0.2, 0) is 17.6 Å². The quantitative estimate of drug-likeness (QED) is 0.638. The van der Waals surface area contributed by atoms with Gasteiger partial charge in [-0.3, -0.25) is 0 Å². The molecule has 0 amide bonds. The Hall–Kier alpha value is -1.14. The molecule has 0 unspecified atom stereocenters. The summed E-state index contributed by atoms with van der Waals surface area (Å²) in [6.07, 6.45) is 8.10. The first-order valence-electron chi connectivity index (χ1n) is 8.40. The van der Waals surface area contributed by atoms with Crippen LogP contribution in [0.1, 0.15) is 59.8 Å². The highest BCUT2D eigenvalue weighted by Gasteiger charge is 2.28. The molecule has 0 aliphatic heterocycles. The average molecular weight is 353 g/mol. The molecule has 0 radical (unpaired) electrons. The maximum atomic E-state index is 12.2. The maximum Gasteiger partial charge on any atom is 0.341 e. The summed E-state index contributed by atoms with van der Waals surface area (Å²) in [6, 6.07) is 0.428. The Morgan fingerprint density at radius 3 is 2.78 bits per heavy atom. The Kier molecular flexibility index (Phi) is 5.21. The summed E-state index contributed by atoms with van der Waals surface area (Å²) in [4.78, 5) is 13.5. The highest BCUT2D eigenvalue weighted by Crippen LogP contribution is 2.39. The number of thiophene rings is 1. The fourth-order valence-electron chi connectivity index (χ4n) is 3.65. The smallest absolute Gasteiger partial charge is 0.341 e. The SMILES string of the molecule is COC(=O)c1c(NC(=S)N[C@@H]2CCCC[C@@H]2C)sc2c1CCC2. The van der Waals surface area contributed by atoms with Crippen LogP contribution in [0.2, 0.25) is 0 Å². The number of fused-ring (bicyclic) bond motifs is 1. The van der Waals surface area contributed by atoms with Crippen molar-refractivity contribution in [1.29, 1.82) is 0 Å². The topological polar surface area (TPSA) is 50.4 Å². The van der Waals surface area contributed by atoms with Crippen LogP contribution in [0, 0.1) is 5.92 Å². The van der Waals surface area contributed by atoms with Gasteiger partial charge < -0.3 is 15.4 Å². The number of nitrogens with one attached hydrogen (secondary N) is 2. The van der Waals surface area contributed by atoms with Crippen LogP contribution in [0.4, 0.5) is 5.00 Å². The van der Waals surface area contributed by atoms with E-state index < -0.39 is 0 Å². The van der Waals surface area contributed by atoms with E-state index in [0.29, 0.717) is 22.6 Å². The zero-order chi connectivity index (χ0) is 16.4. The number of thiocarbonyl (C=S) groups is 1. The number of carbonyl (C=O) groups is 1. The molecular weight excluding hydrogens is 328 g/mol. The summed E-state index contributed by atoms with van der Waals surface area (Å²) in [7, 11) is 1.44. The molecular formula is C17H24N2O2S2. The van der Waals surface area contributed by atoms with E-state index in [-0.39, 0.29) is 5.97 Å². The van der Waals surface area contributed by atoms with Gasteiger partial charge in [0.2, 0.25) is 0 Å². The minimum atomic E-state index is -0.263. The Bertz CT molecular complexity index is 612. The van der Waals surface area contributed by atoms with E-state index in [1.165, 1.54) is 31.2 Å². The van der Waals surface area contributed by atoms with Gasteiger partial charge in [-0.15, -0.1) is 11.3 Å². The number of anilines is 1. The predicted molar refractivity (Wildman–Crippen MR) is 98.5 cm³/mol. The Morgan fingerprint density at radius 1 is 1.26 bits per heavy atom. The zero-order valence-corrected chi connectivity index (χ0v) is 15.4. The van der Waals surface area contributed by atoms with Gasteiger partial charge in [0.15, 0.2) is 5.11 Å². The van der Waals surface area contributed by atoms with Crippen molar-refractivity contribution in [3.05, 3.63) is 16.0 Å². The van der Waals surface area contributed by atoms with E-state index >= 15 is 0 Å². The Morgan fingerprint density at radius 2 is 2.04 bits per heavy atom. The van der Waals surface area contributed by atoms with Crippen molar-refractivity contribution in [1.82, 2.24) is 5.32 Å². The second-order valence-corrected chi connectivity index (χ2v) is 8.03. The van der Waals surface area contributed by atoms with E-state index in [4.69, 9.17) is 17.0 Å². The van der Waals surface area contributed by atoms with Crippen molar-refractivity contribution in [2.75, 3.05) is 12.4 Å². The molecule has 23 heavy (non-hydrogen) atoms. The molecule has 2 aliphatic carbocycles. The Balaban J connectivity index is 1.72. The zero-order valence-electron chi connectivity index (χ0n) is 13.7. The number of ether oxygens (including phenoxy) is 1. The van der Waals surface area contributed by atoms with Gasteiger partial charge in [-0.05, 0) is 55.8 Å². The van der Waals surface area contributed by atoms with Crippen LogP contribution in [-0.4, -0.2) is 24.2 Å². The first-order valence-corrected chi connectivity index (χ1v) is 9.63. The van der Waals surface area contributed by atoms with Gasteiger partial charge in [-0.25, -0.2) is 4.79 Å². The molecule has 0 bridgehead atoms. The molecule has 0 aromatic carbocycles. The van der Waals surface area contributed by atoms with Crippen molar-refractivity contribution in [3.8, 4) is 0 Å². The van der Waals surface area contributed by atoms with Gasteiger partial charge in [0.05, 0.1) is 12.7 Å². The lowest BCUT2D eigenvalue weighted by atomic mass is 9.86. The highest BCUT2D eigenvalue weighted by molar-refractivity contribution is 7.80. The van der Waals surface area contributed by atoms with Crippen LogP contribution in [0.15, 0.2) is 0 Å². The molecule has 1 aromatic heterocycles. The van der Waals surface area contributed by atoms with Crippen LogP contribution in [0.25, 0.3) is 0 Å². The van der Waals surface area contributed by atoms with Gasteiger partial charge in [0.25, 0.3) is 0 Å². The van der Waals surface area contributed by atoms with E-state index in [2.05, 4.69) is 17.6 Å². The summed E-state index contributed by atoms with van der Waals surface area (Å²) in [5, 5.41) is 8.16. The van der Waals surface area contributed by atoms with Crippen LogP contribution in [0.3, 0.4) is 0 Å². The number of hydrogen-bond donors (Lipinski definition) is 2. The first kappa shape index (κ1) is 16.7. The lowest BCUT2D eigenvalue weighted by molar-refractivity contribution is 0.0601. The average Bonchev–Trinajstić information content (AvgIpc) is 3.09. The fourth-order valence-corrected chi connectivity index (χ4v) is 5.25. The fraction of sp³-hybridized carbons (Fsp3) is 0.647. The number of methoxy groups -OCH3 is 1. The van der Waals surface area contributed by atoms with Gasteiger partial charge in [0.1, 0.15) is 5.00 Å². The molecule has 1 saturated carbocycles. The highest BCUT2D eigenvalue weighted by atomic mass is 32.1. The second kappa shape index (κ2) is 7.18. The second-order valence-electron chi connectivity index (χ2n) is 6.52. The van der Waals surface area contributed by atoms with Gasteiger partial charge in [-0.2, -0.15) is 0 Å². The number of esters is 1. The predicted octanol–water partition coefficient (Wildman–Crippen LogP) is 3.89. The first-order chi connectivity index (χ1) is 11.1. The standard InChI is InChI=1S/C17H24N2O2S2/c1-10-6-3-4-8-12(10)18-17(22)19-15-14(16(20)21-2)11-7-5-9-13(11)23-15/h10,12H,3-9H2,1-2H3,(H2,18,19,22)/t10-,12+/m0/s1. The number of aryl methyl sites for hydroxylation is 1. The molecule has 2 N–H and O–H groups in total. The summed E-state index contributed by atoms with van der Waals surface area (Å²) < 4.78 is 4.97. The number of rotatable bonds is 3. The summed E-state index contributed by atoms with van der Waals surface area (Å²) in [6.45, 7) is 2.28. The van der Waals surface area contributed by atoms with Crippen LogP contribution >= 0.6 is 23.6 Å². The molecule has 2 atom stereocenters. The van der Waals surface area contributed by atoms with Crippen molar-refractivity contribution in [2.45, 2.75) is 57.9 Å². The molecule has 6 heteroatoms. The van der Waals surface area contributed by atoms with Crippen molar-refractivity contribution in [3.63, 3.8) is 0 Å². The molecule has 1 aromatic rings. The third-order valence-electron chi connectivity index (χ3n) is 4.97. The monoisotopic (exact) mass is 352 g/mol. The van der Waals surface area contributed by atoms with Crippen LogP contribution < -0.4 is 10.6 Å². The van der Waals surface area contributed by atoms with Crippen molar-refractivity contribution in [2.24, 2.45) is 5.92 Å². The third-order valence-corrected chi connectivity index (χ3v) is 6.39. The third kappa shape index (κ3) is 3.53. The normalized spacial score (nSPS) is 23.2. The molecule has 126 valence electrons. The molecule has 4 nitrogen and oxygen atoms in total. The van der Waals surface area contributed by atoms with Crippen molar-refractivity contribution >= 4 is 39.6 Å². The minimum absolute atomic E-state index is 0.263. The van der Waals surface area contributed by atoms with Crippen LogP contribution in [0.5, 0.6) is 0 Å². The summed E-state index contributed by atoms with van der Waals surface area (Å²) >= 11 is 7.14. The molecule has 1 heterocycles. The van der Waals surface area contributed by atoms with Gasteiger partial charge in [-0.1, -0.05) is 19.8 Å². The van der Waals surface area contributed by atoms with Gasteiger partial charge >= 0.3 is 5.97 Å². The summed E-state index contributed by atoms with van der Waals surface area (Å²) in [5.74, 6) is 0.373.